The summed E-state index contributed by atoms with van der Waals surface area (Å²) in [6.45, 7) is 0. The molecule has 6 nitrogen and oxygen atoms in total. The molecule has 3 aromatic carbocycles. The third-order valence-electron chi connectivity index (χ3n) is 4.46. The van der Waals surface area contributed by atoms with Crippen LogP contribution in [0.5, 0.6) is 5.75 Å². The molecule has 0 aliphatic rings. The van der Waals surface area contributed by atoms with Gasteiger partial charge >= 0.3 is 0 Å². The number of amides is 1. The van der Waals surface area contributed by atoms with Crippen molar-refractivity contribution in [1.82, 2.24) is 15.3 Å². The van der Waals surface area contributed by atoms with E-state index in [-0.39, 0.29) is 11.0 Å². The van der Waals surface area contributed by atoms with Crippen molar-refractivity contribution in [3.05, 3.63) is 77.3 Å². The zero-order chi connectivity index (χ0) is 21.1. The van der Waals surface area contributed by atoms with E-state index in [2.05, 4.69) is 20.6 Å². The average molecular weight is 437 g/mol. The maximum atomic E-state index is 12.5. The summed E-state index contributed by atoms with van der Waals surface area (Å²) in [5.74, 6) is 0.789. The summed E-state index contributed by atoms with van der Waals surface area (Å²) in [4.78, 5) is 20.4. The minimum Gasteiger partial charge on any atom is -0.496 e. The molecule has 0 unspecified atom stereocenters. The number of hydrogen-bond donors (Lipinski definition) is 3. The van der Waals surface area contributed by atoms with Gasteiger partial charge in [0.05, 0.1) is 34.4 Å². The summed E-state index contributed by atoms with van der Waals surface area (Å²) in [6, 6.07) is 20.1. The molecular weight excluding hydrogens is 420 g/mol. The zero-order valence-corrected chi connectivity index (χ0v) is 17.5. The predicted octanol–water partition coefficient (Wildman–Crippen LogP) is 5.02. The summed E-state index contributed by atoms with van der Waals surface area (Å²) in [5.41, 5.74) is 3.58. The van der Waals surface area contributed by atoms with Crippen molar-refractivity contribution in [2.45, 2.75) is 0 Å². The van der Waals surface area contributed by atoms with E-state index >= 15 is 0 Å². The molecule has 8 heteroatoms. The van der Waals surface area contributed by atoms with Gasteiger partial charge in [-0.3, -0.25) is 10.1 Å². The van der Waals surface area contributed by atoms with Crippen molar-refractivity contribution in [3.63, 3.8) is 0 Å². The number of ether oxygens (including phenoxy) is 1. The minimum atomic E-state index is -0.380. The number of H-pyrrole nitrogens is 1. The molecule has 0 spiro atoms. The lowest BCUT2D eigenvalue weighted by atomic mass is 10.2. The van der Waals surface area contributed by atoms with Crippen LogP contribution < -0.4 is 15.4 Å². The minimum absolute atomic E-state index is 0.120. The molecule has 4 rings (SSSR count). The second-order valence-corrected chi connectivity index (χ2v) is 7.22. The van der Waals surface area contributed by atoms with Crippen LogP contribution in [0.2, 0.25) is 5.02 Å². The molecule has 1 amide bonds. The van der Waals surface area contributed by atoms with Gasteiger partial charge in [0.2, 0.25) is 0 Å². The molecular formula is C22H17ClN4O2S. The van der Waals surface area contributed by atoms with Crippen LogP contribution in [0.3, 0.4) is 0 Å². The molecule has 0 aliphatic carbocycles. The number of rotatable bonds is 4. The Kier molecular flexibility index (Phi) is 5.65. The maximum absolute atomic E-state index is 12.5. The van der Waals surface area contributed by atoms with E-state index in [9.17, 15) is 4.79 Å². The van der Waals surface area contributed by atoms with E-state index in [1.807, 2.05) is 36.4 Å². The summed E-state index contributed by atoms with van der Waals surface area (Å²) in [7, 11) is 1.51. The SMILES string of the molecule is COc1ccccc1C(=O)NC(=S)Nc1cc(-c2nc3ccccc3[nH]2)ccc1Cl. The van der Waals surface area contributed by atoms with E-state index in [0.717, 1.165) is 16.6 Å². The number of benzene rings is 3. The van der Waals surface area contributed by atoms with Gasteiger partial charge in [-0.15, -0.1) is 0 Å². The fourth-order valence-corrected chi connectivity index (χ4v) is 3.38. The van der Waals surface area contributed by atoms with Gasteiger partial charge in [0, 0.05) is 5.56 Å². The predicted molar refractivity (Wildman–Crippen MR) is 123 cm³/mol. The highest BCUT2D eigenvalue weighted by Crippen LogP contribution is 2.28. The Morgan fingerprint density at radius 2 is 1.87 bits per heavy atom. The van der Waals surface area contributed by atoms with Crippen LogP contribution in [0.25, 0.3) is 22.4 Å². The van der Waals surface area contributed by atoms with Gasteiger partial charge in [-0.05, 0) is 54.7 Å². The summed E-state index contributed by atoms with van der Waals surface area (Å²) < 4.78 is 5.22. The van der Waals surface area contributed by atoms with Crippen LogP contribution in [0, 0.1) is 0 Å². The fourth-order valence-electron chi connectivity index (χ4n) is 3.01. The van der Waals surface area contributed by atoms with Crippen molar-refractivity contribution in [2.75, 3.05) is 12.4 Å². The van der Waals surface area contributed by atoms with E-state index in [1.54, 1.807) is 30.3 Å². The molecule has 3 N–H and O–H groups in total. The number of hydrogen-bond acceptors (Lipinski definition) is 4. The second kappa shape index (κ2) is 8.52. The van der Waals surface area contributed by atoms with Gasteiger partial charge in [-0.25, -0.2) is 4.98 Å². The lowest BCUT2D eigenvalue weighted by Gasteiger charge is -2.13. The second-order valence-electron chi connectivity index (χ2n) is 6.41. The number of imidazole rings is 1. The lowest BCUT2D eigenvalue weighted by Crippen LogP contribution is -2.34. The van der Waals surface area contributed by atoms with Crippen LogP contribution in [0.1, 0.15) is 10.4 Å². The van der Waals surface area contributed by atoms with E-state index < -0.39 is 0 Å². The Balaban J connectivity index is 1.53. The normalized spacial score (nSPS) is 10.6. The molecule has 0 saturated heterocycles. The molecule has 0 bridgehead atoms. The number of halogens is 1. The lowest BCUT2D eigenvalue weighted by molar-refractivity contribution is 0.0975. The Hall–Kier alpha value is -3.42. The Labute approximate surface area is 183 Å². The fraction of sp³-hybridized carbons (Fsp3) is 0.0455. The average Bonchev–Trinajstić information content (AvgIpc) is 3.19. The van der Waals surface area contributed by atoms with Crippen molar-refractivity contribution < 1.29 is 9.53 Å². The molecule has 150 valence electrons. The van der Waals surface area contributed by atoms with Crippen molar-refractivity contribution in [2.24, 2.45) is 0 Å². The molecule has 0 atom stereocenters. The number of thiocarbonyl (C=S) groups is 1. The van der Waals surface area contributed by atoms with Gasteiger partial charge in [0.1, 0.15) is 11.6 Å². The highest BCUT2D eigenvalue weighted by Gasteiger charge is 2.14. The summed E-state index contributed by atoms with van der Waals surface area (Å²) >= 11 is 11.6. The first-order chi connectivity index (χ1) is 14.5. The molecule has 0 radical (unpaired) electrons. The van der Waals surface area contributed by atoms with Crippen LogP contribution in [-0.4, -0.2) is 28.1 Å². The third kappa shape index (κ3) is 4.12. The Bertz CT molecular complexity index is 1220. The molecule has 30 heavy (non-hydrogen) atoms. The standard InChI is InChI=1S/C22H17ClN4O2S/c1-29-19-9-5-2-6-14(19)21(28)27-22(30)26-18-12-13(10-11-15(18)23)20-24-16-7-3-4-8-17(16)25-20/h2-12H,1H3,(H,24,25)(H2,26,27,28,30). The molecule has 1 heterocycles. The van der Waals surface area contributed by atoms with Gasteiger partial charge in [0.25, 0.3) is 5.91 Å². The first kappa shape index (κ1) is 19.9. The number of fused-ring (bicyclic) bond motifs is 1. The first-order valence-electron chi connectivity index (χ1n) is 9.05. The quantitative estimate of drug-likeness (QED) is 0.391. The van der Waals surface area contributed by atoms with Crippen molar-refractivity contribution in [3.8, 4) is 17.1 Å². The van der Waals surface area contributed by atoms with E-state index in [0.29, 0.717) is 27.8 Å². The van der Waals surface area contributed by atoms with Gasteiger partial charge < -0.3 is 15.0 Å². The van der Waals surface area contributed by atoms with Crippen LogP contribution in [0.15, 0.2) is 66.7 Å². The number of nitrogens with one attached hydrogen (secondary N) is 3. The van der Waals surface area contributed by atoms with Crippen LogP contribution in [0.4, 0.5) is 5.69 Å². The number of nitrogens with zero attached hydrogens (tertiary/aromatic N) is 1. The van der Waals surface area contributed by atoms with Crippen LogP contribution >= 0.6 is 23.8 Å². The Morgan fingerprint density at radius 1 is 1.10 bits per heavy atom. The van der Waals surface area contributed by atoms with Gasteiger partial charge in [-0.2, -0.15) is 0 Å². The number of carbonyl (C=O) groups excluding carboxylic acids is 1. The van der Waals surface area contributed by atoms with E-state index in [4.69, 9.17) is 28.6 Å². The van der Waals surface area contributed by atoms with Crippen molar-refractivity contribution >= 4 is 51.6 Å². The number of aromatic amines is 1. The highest BCUT2D eigenvalue weighted by atomic mass is 35.5. The summed E-state index contributed by atoms with van der Waals surface area (Å²) in [5, 5.41) is 6.21. The molecule has 1 aromatic heterocycles. The largest absolute Gasteiger partial charge is 0.496 e. The summed E-state index contributed by atoms with van der Waals surface area (Å²) in [6.07, 6.45) is 0. The zero-order valence-electron chi connectivity index (χ0n) is 15.9. The van der Waals surface area contributed by atoms with Crippen molar-refractivity contribution in [1.29, 1.82) is 0 Å². The molecule has 0 fully saturated rings. The number of anilines is 1. The molecule has 0 saturated carbocycles. The van der Waals surface area contributed by atoms with Gasteiger partial charge in [-0.1, -0.05) is 35.9 Å². The Morgan fingerprint density at radius 3 is 2.67 bits per heavy atom. The molecule has 4 aromatic rings. The molecule has 0 aliphatic heterocycles. The van der Waals surface area contributed by atoms with Crippen LogP contribution in [-0.2, 0) is 0 Å². The number of methoxy groups -OCH3 is 1. The van der Waals surface area contributed by atoms with E-state index in [1.165, 1.54) is 7.11 Å². The van der Waals surface area contributed by atoms with Gasteiger partial charge in [0.15, 0.2) is 5.11 Å². The smallest absolute Gasteiger partial charge is 0.261 e. The number of aromatic nitrogens is 2. The first-order valence-corrected chi connectivity index (χ1v) is 9.84. The highest BCUT2D eigenvalue weighted by molar-refractivity contribution is 7.80. The third-order valence-corrected chi connectivity index (χ3v) is 4.99. The number of carbonyl (C=O) groups is 1. The maximum Gasteiger partial charge on any atom is 0.261 e. The monoisotopic (exact) mass is 436 g/mol. The topological polar surface area (TPSA) is 79.0 Å². The number of para-hydroxylation sites is 3.